The number of ketones is 1. The van der Waals surface area contributed by atoms with Crippen LogP contribution in [0.4, 0.5) is 5.00 Å². The summed E-state index contributed by atoms with van der Waals surface area (Å²) in [5, 5.41) is 27.0. The zero-order chi connectivity index (χ0) is 25.1. The number of thiophene rings is 1. The van der Waals surface area contributed by atoms with Gasteiger partial charge in [-0.2, -0.15) is 10.5 Å². The molecule has 0 spiro atoms. The summed E-state index contributed by atoms with van der Waals surface area (Å²) in [7, 11) is 0. The minimum Gasteiger partial charge on any atom is -0.361 e. The van der Waals surface area contributed by atoms with Gasteiger partial charge in [-0.05, 0) is 69.2 Å². The van der Waals surface area contributed by atoms with E-state index in [1.165, 1.54) is 23.1 Å². The van der Waals surface area contributed by atoms with E-state index in [0.717, 1.165) is 36.8 Å². The molecular formula is C27H25ClN4O2S. The van der Waals surface area contributed by atoms with Crippen molar-refractivity contribution in [3.05, 3.63) is 73.4 Å². The molecule has 0 saturated heterocycles. The van der Waals surface area contributed by atoms with Crippen molar-refractivity contribution in [3.63, 3.8) is 0 Å². The summed E-state index contributed by atoms with van der Waals surface area (Å²) in [6.07, 6.45) is 4.43. The van der Waals surface area contributed by atoms with E-state index in [0.29, 0.717) is 44.5 Å². The van der Waals surface area contributed by atoms with Crippen LogP contribution in [-0.4, -0.2) is 11.7 Å². The van der Waals surface area contributed by atoms with Crippen molar-refractivity contribution in [2.45, 2.75) is 58.3 Å². The Bertz CT molecular complexity index is 1340. The molecule has 1 aromatic carbocycles. The summed E-state index contributed by atoms with van der Waals surface area (Å²) >= 11 is 7.54. The quantitative estimate of drug-likeness (QED) is 0.509. The van der Waals surface area contributed by atoms with E-state index in [2.05, 4.69) is 22.8 Å². The van der Waals surface area contributed by atoms with Gasteiger partial charge in [-0.15, -0.1) is 11.3 Å². The van der Waals surface area contributed by atoms with Gasteiger partial charge >= 0.3 is 0 Å². The minimum absolute atomic E-state index is 0.120. The molecule has 0 fully saturated rings. The van der Waals surface area contributed by atoms with Gasteiger partial charge in [0, 0.05) is 33.3 Å². The maximum atomic E-state index is 12.8. The van der Waals surface area contributed by atoms with Crippen molar-refractivity contribution in [1.29, 1.82) is 10.5 Å². The number of hydrogen-bond donors (Lipinski definition) is 2. The third-order valence-electron chi connectivity index (χ3n) is 6.49. The lowest BCUT2D eigenvalue weighted by Gasteiger charge is -2.29. The maximum Gasteiger partial charge on any atom is 0.225 e. The molecule has 4 rings (SSSR count). The first-order valence-electron chi connectivity index (χ1n) is 11.6. The molecule has 2 heterocycles. The smallest absolute Gasteiger partial charge is 0.225 e. The van der Waals surface area contributed by atoms with Crippen LogP contribution in [0.25, 0.3) is 0 Å². The van der Waals surface area contributed by atoms with Crippen LogP contribution >= 0.6 is 22.9 Å². The number of nitriles is 2. The summed E-state index contributed by atoms with van der Waals surface area (Å²) in [6.45, 7) is 3.30. The number of fused-ring (bicyclic) bond motifs is 1. The molecule has 0 saturated carbocycles. The van der Waals surface area contributed by atoms with Crippen LogP contribution in [0, 0.1) is 22.7 Å². The summed E-state index contributed by atoms with van der Waals surface area (Å²) in [5.74, 6) is -0.859. The first-order chi connectivity index (χ1) is 16.8. The summed E-state index contributed by atoms with van der Waals surface area (Å²) in [5.41, 5.74) is 4.69. The van der Waals surface area contributed by atoms with Gasteiger partial charge in [-0.25, -0.2) is 0 Å². The van der Waals surface area contributed by atoms with Gasteiger partial charge in [0.05, 0.1) is 23.1 Å². The molecule has 0 radical (unpaired) electrons. The molecule has 6 nitrogen and oxygen atoms in total. The predicted molar refractivity (Wildman–Crippen MR) is 137 cm³/mol. The fourth-order valence-electron chi connectivity index (χ4n) is 4.88. The van der Waals surface area contributed by atoms with Crippen LogP contribution in [0.3, 0.4) is 0 Å². The standard InChI is InChI=1S/C27H25ClN4O2S/c1-15-25(16(2)33)26(17-7-9-18(28)10-8-17)21(14-30)22(31-15)11-12-24(34)32-27-20(13-29)19-5-3-4-6-23(19)35-27/h7-10,26,31H,3-6,11-12H2,1-2H3,(H,32,34). The van der Waals surface area contributed by atoms with Gasteiger partial charge in [-0.3, -0.25) is 9.59 Å². The highest BCUT2D eigenvalue weighted by Crippen LogP contribution is 2.40. The molecule has 8 heteroatoms. The number of rotatable bonds is 6. The molecule has 2 aromatic rings. The average molecular weight is 505 g/mol. The Labute approximate surface area is 213 Å². The molecule has 1 atom stereocenters. The van der Waals surface area contributed by atoms with Gasteiger partial charge < -0.3 is 10.6 Å². The Hall–Kier alpha value is -3.39. The van der Waals surface area contributed by atoms with Crippen LogP contribution in [0.1, 0.15) is 67.0 Å². The lowest BCUT2D eigenvalue weighted by molar-refractivity contribution is -0.116. The normalized spacial score (nSPS) is 17.2. The SMILES string of the molecule is CC(=O)C1=C(C)NC(CCC(=O)Nc2sc3c(c2C#N)CCCC3)=C(C#N)C1c1ccc(Cl)cc1. The lowest BCUT2D eigenvalue weighted by atomic mass is 9.79. The fourth-order valence-corrected chi connectivity index (χ4v) is 6.26. The number of carbonyl (C=O) groups is 2. The highest BCUT2D eigenvalue weighted by molar-refractivity contribution is 7.16. The lowest BCUT2D eigenvalue weighted by Crippen LogP contribution is -2.28. The van der Waals surface area contributed by atoms with E-state index in [1.807, 2.05) is 19.1 Å². The fraction of sp³-hybridized carbons (Fsp3) is 0.333. The molecule has 2 N–H and O–H groups in total. The van der Waals surface area contributed by atoms with Crippen LogP contribution in [-0.2, 0) is 22.4 Å². The van der Waals surface area contributed by atoms with Crippen molar-refractivity contribution in [2.75, 3.05) is 5.32 Å². The van der Waals surface area contributed by atoms with Crippen molar-refractivity contribution in [3.8, 4) is 12.1 Å². The largest absolute Gasteiger partial charge is 0.361 e. The number of halogens is 1. The van der Waals surface area contributed by atoms with Crippen LogP contribution < -0.4 is 10.6 Å². The number of dihydropyridines is 1. The zero-order valence-corrected chi connectivity index (χ0v) is 21.2. The number of anilines is 1. The van der Waals surface area contributed by atoms with Gasteiger partial charge in [0.1, 0.15) is 11.1 Å². The second-order valence-electron chi connectivity index (χ2n) is 8.78. The molecule has 2 aliphatic rings. The number of nitrogens with zero attached hydrogens (tertiary/aromatic N) is 2. The Morgan fingerprint density at radius 2 is 1.89 bits per heavy atom. The summed E-state index contributed by atoms with van der Waals surface area (Å²) in [6, 6.07) is 11.6. The second kappa shape index (κ2) is 10.5. The van der Waals surface area contributed by atoms with E-state index in [-0.39, 0.29) is 18.1 Å². The molecule has 0 bridgehead atoms. The highest BCUT2D eigenvalue weighted by Gasteiger charge is 2.33. The predicted octanol–water partition coefficient (Wildman–Crippen LogP) is 5.90. The first kappa shape index (κ1) is 24.7. The first-order valence-corrected chi connectivity index (χ1v) is 12.7. The zero-order valence-electron chi connectivity index (χ0n) is 19.6. The Balaban J connectivity index is 1.57. The van der Waals surface area contributed by atoms with E-state index in [1.54, 1.807) is 12.1 Å². The third kappa shape index (κ3) is 5.03. The van der Waals surface area contributed by atoms with E-state index < -0.39 is 5.92 Å². The molecular weight excluding hydrogens is 480 g/mol. The second-order valence-corrected chi connectivity index (χ2v) is 10.3. The third-order valence-corrected chi connectivity index (χ3v) is 7.95. The van der Waals surface area contributed by atoms with Crippen molar-refractivity contribution in [1.82, 2.24) is 5.32 Å². The minimum atomic E-state index is -0.525. The van der Waals surface area contributed by atoms with Crippen LogP contribution in [0.15, 0.2) is 46.8 Å². The number of hydrogen-bond acceptors (Lipinski definition) is 6. The van der Waals surface area contributed by atoms with Gasteiger partial charge in [0.25, 0.3) is 0 Å². The maximum absolute atomic E-state index is 12.8. The van der Waals surface area contributed by atoms with Crippen molar-refractivity contribution >= 4 is 39.6 Å². The summed E-state index contributed by atoms with van der Waals surface area (Å²) in [4.78, 5) is 26.5. The Morgan fingerprint density at radius 3 is 2.54 bits per heavy atom. The molecule has 35 heavy (non-hydrogen) atoms. The summed E-state index contributed by atoms with van der Waals surface area (Å²) < 4.78 is 0. The van der Waals surface area contributed by atoms with Crippen LogP contribution in [0.5, 0.6) is 0 Å². The van der Waals surface area contributed by atoms with Crippen LogP contribution in [0.2, 0.25) is 5.02 Å². The van der Waals surface area contributed by atoms with E-state index in [9.17, 15) is 20.1 Å². The van der Waals surface area contributed by atoms with Gasteiger partial charge in [0.15, 0.2) is 5.78 Å². The monoisotopic (exact) mass is 504 g/mol. The Morgan fingerprint density at radius 1 is 1.17 bits per heavy atom. The van der Waals surface area contributed by atoms with E-state index in [4.69, 9.17) is 11.6 Å². The van der Waals surface area contributed by atoms with Crippen molar-refractivity contribution in [2.24, 2.45) is 0 Å². The number of amides is 1. The number of allylic oxidation sites excluding steroid dienone is 4. The number of nitrogens with one attached hydrogen (secondary N) is 2. The molecule has 1 aliphatic heterocycles. The number of carbonyl (C=O) groups excluding carboxylic acids is 2. The molecule has 1 unspecified atom stereocenters. The number of aryl methyl sites for hydroxylation is 1. The highest BCUT2D eigenvalue weighted by atomic mass is 35.5. The molecule has 178 valence electrons. The molecule has 1 aliphatic carbocycles. The number of Topliss-reactive ketones (excluding diaryl/α,β-unsaturated/α-hetero) is 1. The molecule has 1 aromatic heterocycles. The Kier molecular flexibility index (Phi) is 7.40. The van der Waals surface area contributed by atoms with Gasteiger partial charge in [0.2, 0.25) is 5.91 Å². The molecule has 1 amide bonds. The average Bonchev–Trinajstić information content (AvgIpc) is 3.19. The topological polar surface area (TPSA) is 106 Å². The van der Waals surface area contributed by atoms with Crippen molar-refractivity contribution < 1.29 is 9.59 Å². The number of benzene rings is 1. The van der Waals surface area contributed by atoms with E-state index >= 15 is 0 Å². The van der Waals surface area contributed by atoms with Gasteiger partial charge in [-0.1, -0.05) is 23.7 Å².